The molecule has 3 rings (SSSR count). The molecule has 2 aromatic heterocycles. The van der Waals surface area contributed by atoms with Gasteiger partial charge in [0.15, 0.2) is 11.2 Å². The molecule has 2 heterocycles. The molecule has 0 fully saturated rings. The van der Waals surface area contributed by atoms with Gasteiger partial charge in [-0.3, -0.25) is 23.5 Å². The van der Waals surface area contributed by atoms with Crippen LogP contribution < -0.4 is 22.3 Å². The van der Waals surface area contributed by atoms with E-state index in [0.29, 0.717) is 11.3 Å². The lowest BCUT2D eigenvalue weighted by molar-refractivity contribution is -0.118. The number of nitrogens with two attached hydrogens (primary N) is 1. The highest BCUT2D eigenvalue weighted by atomic mass is 16.2. The van der Waals surface area contributed by atoms with E-state index in [1.165, 1.54) is 41.7 Å². The molecule has 0 aliphatic rings. The van der Waals surface area contributed by atoms with Gasteiger partial charge in [-0.2, -0.15) is 0 Å². The zero-order chi connectivity index (χ0) is 19.9. The van der Waals surface area contributed by atoms with Gasteiger partial charge in [0, 0.05) is 25.3 Å². The molecule has 0 saturated carbocycles. The molecule has 0 unspecified atom stereocenters. The van der Waals surface area contributed by atoms with E-state index in [1.54, 1.807) is 19.1 Å². The molecule has 3 aromatic rings. The fourth-order valence-corrected chi connectivity index (χ4v) is 2.75. The normalized spacial score (nSPS) is 12.1. The van der Waals surface area contributed by atoms with Crippen LogP contribution in [0.15, 0.2) is 40.2 Å². The monoisotopic (exact) mass is 370 g/mol. The largest absolute Gasteiger partial charge is 0.366 e. The molecule has 0 spiro atoms. The second-order valence-electron chi connectivity index (χ2n) is 6.14. The average molecular weight is 370 g/mol. The quantitative estimate of drug-likeness (QED) is 0.652. The Morgan fingerprint density at radius 3 is 2.33 bits per heavy atom. The minimum atomic E-state index is -0.768. The van der Waals surface area contributed by atoms with Crippen LogP contribution >= 0.6 is 0 Å². The minimum Gasteiger partial charge on any atom is -0.366 e. The van der Waals surface area contributed by atoms with Crippen molar-refractivity contribution in [2.24, 2.45) is 19.8 Å². The molecule has 10 heteroatoms. The molecule has 1 aromatic carbocycles. The summed E-state index contributed by atoms with van der Waals surface area (Å²) >= 11 is 0. The maximum Gasteiger partial charge on any atom is 0.332 e. The number of imidazole rings is 1. The van der Waals surface area contributed by atoms with Crippen molar-refractivity contribution in [1.29, 1.82) is 0 Å². The molecule has 0 saturated heterocycles. The van der Waals surface area contributed by atoms with Crippen molar-refractivity contribution in [2.45, 2.75) is 13.0 Å². The molecule has 1 atom stereocenters. The highest BCUT2D eigenvalue weighted by Crippen LogP contribution is 2.16. The lowest BCUT2D eigenvalue weighted by atomic mass is 10.2. The summed E-state index contributed by atoms with van der Waals surface area (Å²) in [6.45, 7) is 1.61. The summed E-state index contributed by atoms with van der Waals surface area (Å²) in [7, 11) is 2.87. The molecule has 10 nitrogen and oxygen atoms in total. The number of primary amides is 1. The Morgan fingerprint density at radius 1 is 1.11 bits per heavy atom. The predicted octanol–water partition coefficient (Wildman–Crippen LogP) is -0.268. The van der Waals surface area contributed by atoms with Crippen LogP contribution in [0.4, 0.5) is 5.69 Å². The third kappa shape index (κ3) is 3.01. The summed E-state index contributed by atoms with van der Waals surface area (Å²) in [6, 6.07) is 5.34. The highest BCUT2D eigenvalue weighted by molar-refractivity contribution is 5.96. The van der Waals surface area contributed by atoms with E-state index < -0.39 is 29.1 Å². The lowest BCUT2D eigenvalue weighted by Gasteiger charge is -2.15. The summed E-state index contributed by atoms with van der Waals surface area (Å²) in [5.41, 5.74) is 5.32. The van der Waals surface area contributed by atoms with Crippen LogP contribution in [-0.4, -0.2) is 30.5 Å². The average Bonchev–Trinajstić information content (AvgIpc) is 3.09. The Bertz CT molecular complexity index is 1170. The van der Waals surface area contributed by atoms with Crippen molar-refractivity contribution in [3.8, 4) is 0 Å². The Hall–Kier alpha value is -3.69. The molecule has 0 aliphatic carbocycles. The smallest absolute Gasteiger partial charge is 0.332 e. The van der Waals surface area contributed by atoms with E-state index in [9.17, 15) is 19.2 Å². The number of aromatic nitrogens is 4. The van der Waals surface area contributed by atoms with Crippen molar-refractivity contribution in [2.75, 3.05) is 5.32 Å². The van der Waals surface area contributed by atoms with E-state index in [1.807, 2.05) is 0 Å². The van der Waals surface area contributed by atoms with E-state index in [4.69, 9.17) is 5.73 Å². The standard InChI is InChI=1S/C17H18N6O4/c1-9(15(25)20-11-6-4-10(5-7-11)13(18)24)23-8-19-14-12(23)16(26)22(3)17(27)21(14)2/h4-9H,1-3H3,(H2,18,24)(H,20,25)/t9-/m1/s1. The Kier molecular flexibility index (Phi) is 4.40. The van der Waals surface area contributed by atoms with Crippen LogP contribution in [0.3, 0.4) is 0 Å². The SMILES string of the molecule is C[C@H](C(=O)Nc1ccc(C(N)=O)cc1)n1cnc2c1c(=O)n(C)c(=O)n2C. The number of benzene rings is 1. The number of nitrogens with one attached hydrogen (secondary N) is 1. The summed E-state index contributed by atoms with van der Waals surface area (Å²) in [6.07, 6.45) is 1.35. The third-order valence-electron chi connectivity index (χ3n) is 4.41. The number of aryl methyl sites for hydroxylation is 1. The van der Waals surface area contributed by atoms with Crippen LogP contribution in [0.25, 0.3) is 11.2 Å². The molecular weight excluding hydrogens is 352 g/mol. The maximum absolute atomic E-state index is 12.6. The number of hydrogen-bond donors (Lipinski definition) is 2. The molecule has 0 radical (unpaired) electrons. The number of carbonyl (C=O) groups excluding carboxylic acids is 2. The first kappa shape index (κ1) is 18.1. The number of rotatable bonds is 4. The molecule has 27 heavy (non-hydrogen) atoms. The van der Waals surface area contributed by atoms with Gasteiger partial charge < -0.3 is 15.6 Å². The van der Waals surface area contributed by atoms with Gasteiger partial charge in [-0.05, 0) is 31.2 Å². The summed E-state index contributed by atoms with van der Waals surface area (Å²) < 4.78 is 3.64. The fourth-order valence-electron chi connectivity index (χ4n) is 2.75. The van der Waals surface area contributed by atoms with Crippen molar-refractivity contribution >= 4 is 28.7 Å². The summed E-state index contributed by atoms with van der Waals surface area (Å²) in [5, 5.41) is 2.70. The van der Waals surface area contributed by atoms with Crippen molar-refractivity contribution in [1.82, 2.24) is 18.7 Å². The Balaban J connectivity index is 1.95. The number of nitrogens with zero attached hydrogens (tertiary/aromatic N) is 4. The van der Waals surface area contributed by atoms with Gasteiger partial charge >= 0.3 is 5.69 Å². The minimum absolute atomic E-state index is 0.159. The van der Waals surface area contributed by atoms with Gasteiger partial charge in [-0.25, -0.2) is 9.78 Å². The van der Waals surface area contributed by atoms with E-state index in [0.717, 1.165) is 4.57 Å². The van der Waals surface area contributed by atoms with Crippen molar-refractivity contribution < 1.29 is 9.59 Å². The second kappa shape index (κ2) is 6.56. The zero-order valence-corrected chi connectivity index (χ0v) is 15.0. The molecule has 3 N–H and O–H groups in total. The molecule has 140 valence electrons. The molecule has 2 amide bonds. The zero-order valence-electron chi connectivity index (χ0n) is 15.0. The van der Waals surface area contributed by atoms with Gasteiger partial charge in [-0.15, -0.1) is 0 Å². The number of hydrogen-bond acceptors (Lipinski definition) is 5. The fraction of sp³-hybridized carbons (Fsp3) is 0.235. The Labute approximate surface area is 152 Å². The van der Waals surface area contributed by atoms with Crippen LogP contribution in [0.1, 0.15) is 23.3 Å². The van der Waals surface area contributed by atoms with Gasteiger partial charge in [0.1, 0.15) is 6.04 Å². The first-order valence-electron chi connectivity index (χ1n) is 8.05. The van der Waals surface area contributed by atoms with Crippen molar-refractivity contribution in [3.63, 3.8) is 0 Å². The summed E-state index contributed by atoms with van der Waals surface area (Å²) in [4.78, 5) is 52.3. The number of amides is 2. The molecule has 0 bridgehead atoms. The van der Waals surface area contributed by atoms with Crippen molar-refractivity contribution in [3.05, 3.63) is 57.0 Å². The highest BCUT2D eigenvalue weighted by Gasteiger charge is 2.22. The van der Waals surface area contributed by atoms with Gasteiger partial charge in [0.05, 0.1) is 6.33 Å². The first-order valence-corrected chi connectivity index (χ1v) is 8.05. The van der Waals surface area contributed by atoms with Gasteiger partial charge in [0.25, 0.3) is 5.56 Å². The Morgan fingerprint density at radius 2 is 1.74 bits per heavy atom. The number of carbonyl (C=O) groups is 2. The second-order valence-corrected chi connectivity index (χ2v) is 6.14. The summed E-state index contributed by atoms with van der Waals surface area (Å²) in [5.74, 6) is -0.954. The van der Waals surface area contributed by atoms with Gasteiger partial charge in [0.2, 0.25) is 11.8 Å². The van der Waals surface area contributed by atoms with Crippen LogP contribution in [0, 0.1) is 0 Å². The first-order chi connectivity index (χ1) is 12.7. The van der Waals surface area contributed by atoms with E-state index in [2.05, 4.69) is 10.3 Å². The van der Waals surface area contributed by atoms with Crippen LogP contribution in [0.2, 0.25) is 0 Å². The van der Waals surface area contributed by atoms with Crippen LogP contribution in [0.5, 0.6) is 0 Å². The molecule has 0 aliphatic heterocycles. The van der Waals surface area contributed by atoms with E-state index in [-0.39, 0.29) is 11.2 Å². The van der Waals surface area contributed by atoms with Gasteiger partial charge in [-0.1, -0.05) is 0 Å². The van der Waals surface area contributed by atoms with E-state index >= 15 is 0 Å². The lowest BCUT2D eigenvalue weighted by Crippen LogP contribution is -2.38. The third-order valence-corrected chi connectivity index (χ3v) is 4.41. The topological polar surface area (TPSA) is 134 Å². The number of anilines is 1. The van der Waals surface area contributed by atoms with Crippen LogP contribution in [-0.2, 0) is 18.9 Å². The predicted molar refractivity (Wildman–Crippen MR) is 98.5 cm³/mol. The number of fused-ring (bicyclic) bond motifs is 1. The molecular formula is C17H18N6O4. The maximum atomic E-state index is 12.6.